The van der Waals surface area contributed by atoms with E-state index in [9.17, 15) is 9.90 Å². The summed E-state index contributed by atoms with van der Waals surface area (Å²) < 4.78 is 1.88. The number of carbonyl (C=O) groups excluding carboxylic acids is 1. The third-order valence-electron chi connectivity index (χ3n) is 4.91. The van der Waals surface area contributed by atoms with E-state index in [0.717, 1.165) is 11.2 Å². The molecule has 0 spiro atoms. The van der Waals surface area contributed by atoms with Gasteiger partial charge in [-0.05, 0) is 49.4 Å². The SMILES string of the molecule is Cc1nnc2c(Nc3ccc(O)cc3)nc3ccc(C(=O)c4ccccc4)cc3n12. The van der Waals surface area contributed by atoms with Gasteiger partial charge in [0.1, 0.15) is 11.6 Å². The van der Waals surface area contributed by atoms with E-state index in [1.54, 1.807) is 42.5 Å². The number of hydrogen-bond acceptors (Lipinski definition) is 6. The zero-order valence-corrected chi connectivity index (χ0v) is 16.1. The molecule has 146 valence electrons. The van der Waals surface area contributed by atoms with Crippen molar-refractivity contribution in [2.45, 2.75) is 6.92 Å². The summed E-state index contributed by atoms with van der Waals surface area (Å²) >= 11 is 0. The fourth-order valence-electron chi connectivity index (χ4n) is 3.43. The van der Waals surface area contributed by atoms with E-state index >= 15 is 0 Å². The molecule has 2 N–H and O–H groups in total. The number of nitrogens with one attached hydrogen (secondary N) is 1. The van der Waals surface area contributed by atoms with Crippen molar-refractivity contribution >= 4 is 34.0 Å². The minimum atomic E-state index is -0.0531. The van der Waals surface area contributed by atoms with Gasteiger partial charge in [0.25, 0.3) is 0 Å². The first kappa shape index (κ1) is 17.8. The third-order valence-corrected chi connectivity index (χ3v) is 4.91. The van der Waals surface area contributed by atoms with Gasteiger partial charge in [-0.3, -0.25) is 9.20 Å². The number of rotatable bonds is 4. The zero-order chi connectivity index (χ0) is 20.7. The molecule has 7 nitrogen and oxygen atoms in total. The molecule has 0 unspecified atom stereocenters. The second-order valence-corrected chi connectivity index (χ2v) is 6.94. The van der Waals surface area contributed by atoms with Crippen LogP contribution in [0.3, 0.4) is 0 Å². The molecular weight excluding hydrogens is 378 g/mol. The van der Waals surface area contributed by atoms with E-state index in [4.69, 9.17) is 4.98 Å². The van der Waals surface area contributed by atoms with Crippen molar-refractivity contribution < 1.29 is 9.90 Å². The molecule has 5 aromatic rings. The molecule has 30 heavy (non-hydrogen) atoms. The Kier molecular flexibility index (Phi) is 4.14. The highest BCUT2D eigenvalue weighted by atomic mass is 16.3. The highest BCUT2D eigenvalue weighted by molar-refractivity contribution is 6.10. The first-order valence-corrected chi connectivity index (χ1v) is 9.41. The van der Waals surface area contributed by atoms with E-state index < -0.39 is 0 Å². The van der Waals surface area contributed by atoms with Crippen LogP contribution in [0.4, 0.5) is 11.5 Å². The summed E-state index contributed by atoms with van der Waals surface area (Å²) in [7, 11) is 0. The number of carbonyl (C=O) groups is 1. The summed E-state index contributed by atoms with van der Waals surface area (Å²) in [6.45, 7) is 1.86. The molecule has 7 heteroatoms. The largest absolute Gasteiger partial charge is 0.508 e. The quantitative estimate of drug-likeness (QED) is 0.349. The average molecular weight is 395 g/mol. The summed E-state index contributed by atoms with van der Waals surface area (Å²) in [5.41, 5.74) is 3.98. The van der Waals surface area contributed by atoms with E-state index in [-0.39, 0.29) is 11.5 Å². The number of nitrogens with zero attached hydrogens (tertiary/aromatic N) is 4. The Balaban J connectivity index is 1.65. The third kappa shape index (κ3) is 3.02. The lowest BCUT2D eigenvalue weighted by molar-refractivity contribution is 0.103. The standard InChI is InChI=1S/C23H17N5O2/c1-14-26-27-23-22(24-17-8-10-18(29)11-9-17)25-19-12-7-16(13-20(19)28(14)23)21(30)15-5-3-2-4-6-15/h2-13,29H,1H3,(H,24,25). The summed E-state index contributed by atoms with van der Waals surface area (Å²) in [6, 6.07) is 21.3. The van der Waals surface area contributed by atoms with Gasteiger partial charge in [0, 0.05) is 16.8 Å². The second kappa shape index (κ2) is 6.97. The normalized spacial score (nSPS) is 11.1. The Morgan fingerprint density at radius 2 is 1.70 bits per heavy atom. The highest BCUT2D eigenvalue weighted by Gasteiger charge is 2.16. The second-order valence-electron chi connectivity index (χ2n) is 6.94. The summed E-state index contributed by atoms with van der Waals surface area (Å²) in [5, 5.41) is 21.2. The maximum Gasteiger partial charge on any atom is 0.204 e. The number of phenols is 1. The lowest BCUT2D eigenvalue weighted by Crippen LogP contribution is -2.04. The minimum absolute atomic E-state index is 0.0531. The number of fused-ring (bicyclic) bond motifs is 3. The molecule has 0 saturated carbocycles. The molecule has 2 aromatic heterocycles. The Labute approximate surface area is 171 Å². The van der Waals surface area contributed by atoms with Crippen molar-refractivity contribution in [1.82, 2.24) is 19.6 Å². The van der Waals surface area contributed by atoms with Crippen LogP contribution in [0.25, 0.3) is 16.7 Å². The van der Waals surface area contributed by atoms with Crippen molar-refractivity contribution in [2.24, 2.45) is 0 Å². The number of benzene rings is 3. The summed E-state index contributed by atoms with van der Waals surface area (Å²) in [4.78, 5) is 17.6. The van der Waals surface area contributed by atoms with Gasteiger partial charge in [-0.2, -0.15) is 0 Å². The topological polar surface area (TPSA) is 92.4 Å². The van der Waals surface area contributed by atoms with E-state index in [2.05, 4.69) is 15.5 Å². The molecular formula is C23H17N5O2. The molecule has 0 amide bonds. The Morgan fingerprint density at radius 3 is 2.47 bits per heavy atom. The first-order valence-electron chi connectivity index (χ1n) is 9.41. The van der Waals surface area contributed by atoms with Gasteiger partial charge < -0.3 is 10.4 Å². The molecule has 0 fully saturated rings. The van der Waals surface area contributed by atoms with Crippen LogP contribution in [0.5, 0.6) is 5.75 Å². The Hall–Kier alpha value is -4.26. The van der Waals surface area contributed by atoms with Crippen LogP contribution in [0, 0.1) is 6.92 Å². The number of aryl methyl sites for hydroxylation is 1. The van der Waals surface area contributed by atoms with Gasteiger partial charge in [0.2, 0.25) is 5.65 Å². The van der Waals surface area contributed by atoms with E-state index in [0.29, 0.717) is 33.9 Å². The highest BCUT2D eigenvalue weighted by Crippen LogP contribution is 2.26. The number of aromatic hydroxyl groups is 1. The number of phenolic OH excluding ortho intramolecular Hbond substituents is 1. The Bertz CT molecular complexity index is 1390. The molecule has 0 aliphatic carbocycles. The Morgan fingerprint density at radius 1 is 0.933 bits per heavy atom. The van der Waals surface area contributed by atoms with Crippen LogP contribution in [-0.2, 0) is 0 Å². The fraction of sp³-hybridized carbons (Fsp3) is 0.0435. The van der Waals surface area contributed by atoms with Crippen LogP contribution in [0.15, 0.2) is 72.8 Å². The lowest BCUT2D eigenvalue weighted by Gasteiger charge is -2.11. The molecule has 0 saturated heterocycles. The molecule has 0 radical (unpaired) electrons. The van der Waals surface area contributed by atoms with Gasteiger partial charge in [-0.1, -0.05) is 30.3 Å². The van der Waals surface area contributed by atoms with Crippen LogP contribution in [0.1, 0.15) is 21.7 Å². The van der Waals surface area contributed by atoms with Crippen LogP contribution in [-0.4, -0.2) is 30.5 Å². The predicted molar refractivity (Wildman–Crippen MR) is 114 cm³/mol. The van der Waals surface area contributed by atoms with Gasteiger partial charge in [-0.15, -0.1) is 10.2 Å². The van der Waals surface area contributed by atoms with Gasteiger partial charge >= 0.3 is 0 Å². The molecule has 0 aliphatic heterocycles. The van der Waals surface area contributed by atoms with E-state index in [1.165, 1.54) is 0 Å². The maximum atomic E-state index is 12.9. The van der Waals surface area contributed by atoms with Gasteiger partial charge in [-0.25, -0.2) is 4.98 Å². The van der Waals surface area contributed by atoms with Crippen LogP contribution in [0.2, 0.25) is 0 Å². The van der Waals surface area contributed by atoms with Gasteiger partial charge in [0.05, 0.1) is 11.0 Å². The molecule has 0 aliphatic rings. The van der Waals surface area contributed by atoms with Crippen molar-refractivity contribution in [3.05, 3.63) is 89.7 Å². The number of hydrogen-bond donors (Lipinski definition) is 2. The molecule has 0 atom stereocenters. The van der Waals surface area contributed by atoms with Crippen LogP contribution < -0.4 is 5.32 Å². The maximum absolute atomic E-state index is 12.9. The number of aromatic nitrogens is 4. The zero-order valence-electron chi connectivity index (χ0n) is 16.1. The molecule has 3 aromatic carbocycles. The fourth-order valence-corrected chi connectivity index (χ4v) is 3.43. The smallest absolute Gasteiger partial charge is 0.204 e. The minimum Gasteiger partial charge on any atom is -0.508 e. The van der Waals surface area contributed by atoms with Gasteiger partial charge in [0.15, 0.2) is 11.6 Å². The molecule has 2 heterocycles. The monoisotopic (exact) mass is 395 g/mol. The average Bonchev–Trinajstić information content (AvgIpc) is 3.17. The van der Waals surface area contributed by atoms with Crippen molar-refractivity contribution in [3.63, 3.8) is 0 Å². The number of ketones is 1. The summed E-state index contributed by atoms with van der Waals surface area (Å²) in [5.74, 6) is 1.36. The first-order chi connectivity index (χ1) is 14.6. The predicted octanol–water partition coefficient (Wildman–Crippen LogP) is 4.27. The number of anilines is 2. The molecule has 0 bridgehead atoms. The van der Waals surface area contributed by atoms with E-state index in [1.807, 2.05) is 41.7 Å². The van der Waals surface area contributed by atoms with Crippen LogP contribution >= 0.6 is 0 Å². The van der Waals surface area contributed by atoms with Crippen molar-refractivity contribution in [1.29, 1.82) is 0 Å². The molecule has 5 rings (SSSR count). The van der Waals surface area contributed by atoms with Crippen molar-refractivity contribution in [3.8, 4) is 5.75 Å². The lowest BCUT2D eigenvalue weighted by atomic mass is 10.0. The van der Waals surface area contributed by atoms with Crippen molar-refractivity contribution in [2.75, 3.05) is 5.32 Å². The summed E-state index contributed by atoms with van der Waals surface area (Å²) in [6.07, 6.45) is 0.